The number of para-hydroxylation sites is 1. The van der Waals surface area contributed by atoms with Crippen LogP contribution < -0.4 is 14.5 Å². The van der Waals surface area contributed by atoms with Crippen LogP contribution in [0.5, 0.6) is 5.75 Å². The smallest absolute Gasteiger partial charge is 0.316 e. The fourth-order valence-electron chi connectivity index (χ4n) is 5.77. The Morgan fingerprint density at radius 3 is 2.21 bits per heavy atom. The summed E-state index contributed by atoms with van der Waals surface area (Å²) in [5, 5.41) is 0. The second-order valence-corrected chi connectivity index (χ2v) is 9.17. The minimum atomic E-state index is -0.586. The van der Waals surface area contributed by atoms with Crippen molar-refractivity contribution in [3.63, 3.8) is 0 Å². The summed E-state index contributed by atoms with van der Waals surface area (Å²) in [6.45, 7) is 0.254. The van der Waals surface area contributed by atoms with Crippen LogP contribution in [0.15, 0.2) is 66.7 Å². The molecule has 5 atom stereocenters. The number of hydrogen-bond acceptors (Lipinski definition) is 5. The monoisotopic (exact) mass is 442 g/mol. The molecule has 4 aliphatic rings. The summed E-state index contributed by atoms with van der Waals surface area (Å²) < 4.78 is 5.57. The standard InChI is InChI=1S/C26H22N2O5/c29-21-12-17(14-27(21)18-5-2-1-3-6-18)26(32)33-20-8-4-7-19(13-20)28-24(30)22-15-9-10-16(11-15)23(22)25(28)31/h1-10,13,15-17,22-23H,11-12,14H2/t15-,16-,17-,22-,23-/m0/s1. The minimum absolute atomic E-state index is 0.0790. The Hall–Kier alpha value is -3.74. The zero-order chi connectivity index (χ0) is 22.7. The number of nitrogens with zero attached hydrogens (tertiary/aromatic N) is 2. The van der Waals surface area contributed by atoms with E-state index in [1.807, 2.05) is 30.3 Å². The summed E-state index contributed by atoms with van der Waals surface area (Å²) in [5.41, 5.74) is 1.16. The molecule has 0 spiro atoms. The van der Waals surface area contributed by atoms with E-state index in [2.05, 4.69) is 12.2 Å². The fraction of sp³-hybridized carbons (Fsp3) is 0.308. The van der Waals surface area contributed by atoms with Gasteiger partial charge in [0.15, 0.2) is 0 Å². The first kappa shape index (κ1) is 19.9. The quantitative estimate of drug-likeness (QED) is 0.315. The first-order valence-corrected chi connectivity index (χ1v) is 11.2. The number of allylic oxidation sites excluding steroid dienone is 2. The molecule has 2 aliphatic carbocycles. The van der Waals surface area contributed by atoms with Crippen molar-refractivity contribution in [2.75, 3.05) is 16.3 Å². The van der Waals surface area contributed by atoms with Crippen LogP contribution in [0.4, 0.5) is 11.4 Å². The van der Waals surface area contributed by atoms with E-state index >= 15 is 0 Å². The van der Waals surface area contributed by atoms with Gasteiger partial charge in [0.25, 0.3) is 0 Å². The Balaban J connectivity index is 1.17. The van der Waals surface area contributed by atoms with Crippen LogP contribution in [-0.2, 0) is 19.2 Å². The topological polar surface area (TPSA) is 84.0 Å². The molecule has 33 heavy (non-hydrogen) atoms. The molecule has 1 saturated carbocycles. The molecule has 166 valence electrons. The highest BCUT2D eigenvalue weighted by atomic mass is 16.5. The number of ether oxygens (including phenoxy) is 1. The van der Waals surface area contributed by atoms with Crippen molar-refractivity contribution >= 4 is 35.1 Å². The molecule has 7 heteroatoms. The molecule has 0 radical (unpaired) electrons. The van der Waals surface area contributed by atoms with Crippen LogP contribution in [0.1, 0.15) is 12.8 Å². The molecule has 2 bridgehead atoms. The molecule has 2 heterocycles. The Morgan fingerprint density at radius 1 is 0.848 bits per heavy atom. The maximum absolute atomic E-state index is 13.1. The minimum Gasteiger partial charge on any atom is -0.426 e. The van der Waals surface area contributed by atoms with E-state index in [-0.39, 0.29) is 60.1 Å². The molecular weight excluding hydrogens is 420 g/mol. The maximum atomic E-state index is 13.1. The second-order valence-electron chi connectivity index (χ2n) is 9.17. The number of hydrogen-bond donors (Lipinski definition) is 0. The highest BCUT2D eigenvalue weighted by Crippen LogP contribution is 2.53. The van der Waals surface area contributed by atoms with Crippen molar-refractivity contribution in [1.29, 1.82) is 0 Å². The number of rotatable bonds is 4. The van der Waals surface area contributed by atoms with Crippen LogP contribution in [0.25, 0.3) is 0 Å². The summed E-state index contributed by atoms with van der Waals surface area (Å²) >= 11 is 0. The van der Waals surface area contributed by atoms with Crippen molar-refractivity contribution < 1.29 is 23.9 Å². The number of anilines is 2. The van der Waals surface area contributed by atoms with Crippen molar-refractivity contribution in [3.8, 4) is 5.75 Å². The van der Waals surface area contributed by atoms with Gasteiger partial charge in [-0.1, -0.05) is 36.4 Å². The Labute approximate surface area is 190 Å². The predicted octanol–water partition coefficient (Wildman–Crippen LogP) is 2.96. The molecule has 7 nitrogen and oxygen atoms in total. The number of amides is 3. The molecule has 3 amide bonds. The highest BCUT2D eigenvalue weighted by Gasteiger charge is 2.59. The van der Waals surface area contributed by atoms with Crippen molar-refractivity contribution in [1.82, 2.24) is 0 Å². The highest BCUT2D eigenvalue weighted by molar-refractivity contribution is 6.22. The summed E-state index contributed by atoms with van der Waals surface area (Å²) in [5.74, 6) is -1.61. The molecule has 2 aromatic carbocycles. The van der Waals surface area contributed by atoms with Gasteiger partial charge in [0.1, 0.15) is 5.75 Å². The van der Waals surface area contributed by atoms with Gasteiger partial charge in [-0.05, 0) is 42.5 Å². The van der Waals surface area contributed by atoms with E-state index in [4.69, 9.17) is 4.74 Å². The van der Waals surface area contributed by atoms with E-state index < -0.39 is 11.9 Å². The number of carbonyl (C=O) groups excluding carboxylic acids is 4. The molecule has 2 aliphatic heterocycles. The van der Waals surface area contributed by atoms with Crippen LogP contribution in [0.3, 0.4) is 0 Å². The third-order valence-corrected chi connectivity index (χ3v) is 7.29. The van der Waals surface area contributed by atoms with Gasteiger partial charge in [-0.25, -0.2) is 4.90 Å². The average molecular weight is 442 g/mol. The molecule has 3 fully saturated rings. The molecule has 2 saturated heterocycles. The van der Waals surface area contributed by atoms with Gasteiger partial charge in [-0.15, -0.1) is 0 Å². The normalized spacial score (nSPS) is 29.8. The zero-order valence-corrected chi connectivity index (χ0v) is 17.8. The van der Waals surface area contributed by atoms with E-state index in [1.165, 1.54) is 4.90 Å². The number of imide groups is 1. The third kappa shape index (κ3) is 3.10. The van der Waals surface area contributed by atoms with Crippen molar-refractivity contribution in [2.24, 2.45) is 29.6 Å². The molecule has 6 rings (SSSR count). The SMILES string of the molecule is O=C(Oc1cccc(N2C(=O)[C@@H]3[C@@H](C2=O)[C@H]2C=C[C@H]3C2)c1)[C@H]1CC(=O)N(c2ccccc2)C1. The zero-order valence-electron chi connectivity index (χ0n) is 17.8. The van der Waals surface area contributed by atoms with Gasteiger partial charge >= 0.3 is 5.97 Å². The van der Waals surface area contributed by atoms with Crippen LogP contribution >= 0.6 is 0 Å². The second kappa shape index (κ2) is 7.40. The van der Waals surface area contributed by atoms with Crippen molar-refractivity contribution in [2.45, 2.75) is 12.8 Å². The Kier molecular flexibility index (Phi) is 4.47. The molecule has 2 aromatic rings. The molecule has 0 unspecified atom stereocenters. The van der Waals surface area contributed by atoms with E-state index in [0.29, 0.717) is 5.69 Å². The Bertz CT molecular complexity index is 1180. The largest absolute Gasteiger partial charge is 0.426 e. The average Bonchev–Trinajstić information content (AvgIpc) is 3.58. The maximum Gasteiger partial charge on any atom is 0.316 e. The molecule has 0 aromatic heterocycles. The summed E-state index contributed by atoms with van der Waals surface area (Å²) in [6.07, 6.45) is 5.06. The van der Waals surface area contributed by atoms with Gasteiger partial charge < -0.3 is 9.64 Å². The molecular formula is C26H22N2O5. The predicted molar refractivity (Wildman–Crippen MR) is 119 cm³/mol. The lowest BCUT2D eigenvalue weighted by molar-refractivity contribution is -0.139. The van der Waals surface area contributed by atoms with E-state index in [9.17, 15) is 19.2 Å². The van der Waals surface area contributed by atoms with Gasteiger partial charge in [-0.2, -0.15) is 0 Å². The number of carbonyl (C=O) groups is 4. The number of benzene rings is 2. The van der Waals surface area contributed by atoms with Gasteiger partial charge in [0.05, 0.1) is 23.4 Å². The lowest BCUT2D eigenvalue weighted by Crippen LogP contribution is -2.32. The summed E-state index contributed by atoms with van der Waals surface area (Å²) in [4.78, 5) is 54.2. The first-order chi connectivity index (χ1) is 16.0. The first-order valence-electron chi connectivity index (χ1n) is 11.2. The van der Waals surface area contributed by atoms with Gasteiger partial charge in [0, 0.05) is 24.7 Å². The number of fused-ring (bicyclic) bond motifs is 5. The fourth-order valence-corrected chi connectivity index (χ4v) is 5.77. The third-order valence-electron chi connectivity index (χ3n) is 7.29. The Morgan fingerprint density at radius 2 is 1.52 bits per heavy atom. The summed E-state index contributed by atoms with van der Waals surface area (Å²) in [6, 6.07) is 15.7. The van der Waals surface area contributed by atoms with Crippen LogP contribution in [-0.4, -0.2) is 30.2 Å². The van der Waals surface area contributed by atoms with Crippen molar-refractivity contribution in [3.05, 3.63) is 66.7 Å². The summed E-state index contributed by atoms with van der Waals surface area (Å²) in [7, 11) is 0. The van der Waals surface area contributed by atoms with E-state index in [1.54, 1.807) is 29.2 Å². The number of esters is 1. The molecule has 0 N–H and O–H groups in total. The van der Waals surface area contributed by atoms with Gasteiger partial charge in [0.2, 0.25) is 17.7 Å². The van der Waals surface area contributed by atoms with Crippen LogP contribution in [0.2, 0.25) is 0 Å². The van der Waals surface area contributed by atoms with E-state index in [0.717, 1.165) is 12.1 Å². The van der Waals surface area contributed by atoms with Crippen LogP contribution in [0, 0.1) is 29.6 Å². The lowest BCUT2D eigenvalue weighted by atomic mass is 9.85. The lowest BCUT2D eigenvalue weighted by Gasteiger charge is -2.18. The van der Waals surface area contributed by atoms with Gasteiger partial charge in [-0.3, -0.25) is 19.2 Å².